The van der Waals surface area contributed by atoms with Crippen molar-refractivity contribution in [3.8, 4) is 5.75 Å². The van der Waals surface area contributed by atoms with Crippen molar-refractivity contribution in [1.29, 1.82) is 0 Å². The molecule has 0 bridgehead atoms. The molecule has 6 nitrogen and oxygen atoms in total. The van der Waals surface area contributed by atoms with Gasteiger partial charge in [0.05, 0.1) is 13.7 Å². The van der Waals surface area contributed by atoms with Crippen LogP contribution in [0.1, 0.15) is 21.5 Å². The Hall–Kier alpha value is -3.64. The van der Waals surface area contributed by atoms with E-state index in [9.17, 15) is 9.59 Å². The standard InChI is InChI=1S/C25H27N3O3/c1-18-4-6-19(7-5-18)16-28(2)17-24(29)26-21-10-8-20(9-11-21)25(30)27-22-12-14-23(31-3)15-13-22/h4-15H,16-17H2,1-3H3,(H,26,29)(H,27,30). The van der Waals surface area contributed by atoms with Crippen LogP contribution in [0.25, 0.3) is 0 Å². The summed E-state index contributed by atoms with van der Waals surface area (Å²) in [6.45, 7) is 3.01. The molecule has 0 saturated heterocycles. The summed E-state index contributed by atoms with van der Waals surface area (Å²) >= 11 is 0. The Bertz CT molecular complexity index is 1010. The molecule has 0 unspecified atom stereocenters. The number of methoxy groups -OCH3 is 1. The lowest BCUT2D eigenvalue weighted by molar-refractivity contribution is -0.117. The van der Waals surface area contributed by atoms with Gasteiger partial charge in [-0.3, -0.25) is 14.5 Å². The van der Waals surface area contributed by atoms with Crippen molar-refractivity contribution >= 4 is 23.2 Å². The lowest BCUT2D eigenvalue weighted by Gasteiger charge is -2.16. The number of benzene rings is 3. The van der Waals surface area contributed by atoms with Crippen LogP contribution in [-0.2, 0) is 11.3 Å². The van der Waals surface area contributed by atoms with E-state index in [0.717, 1.165) is 11.3 Å². The number of hydrogen-bond donors (Lipinski definition) is 2. The van der Waals surface area contributed by atoms with Gasteiger partial charge in [-0.25, -0.2) is 0 Å². The summed E-state index contributed by atoms with van der Waals surface area (Å²) in [7, 11) is 3.50. The van der Waals surface area contributed by atoms with Crippen molar-refractivity contribution in [3.63, 3.8) is 0 Å². The first-order valence-electron chi connectivity index (χ1n) is 10.0. The van der Waals surface area contributed by atoms with E-state index >= 15 is 0 Å². The second kappa shape index (κ2) is 10.4. The SMILES string of the molecule is COc1ccc(NC(=O)c2ccc(NC(=O)CN(C)Cc3ccc(C)cc3)cc2)cc1. The predicted octanol–water partition coefficient (Wildman–Crippen LogP) is 4.33. The zero-order valence-corrected chi connectivity index (χ0v) is 18.0. The summed E-state index contributed by atoms with van der Waals surface area (Å²) in [4.78, 5) is 26.7. The summed E-state index contributed by atoms with van der Waals surface area (Å²) < 4.78 is 5.11. The van der Waals surface area contributed by atoms with Gasteiger partial charge in [-0.2, -0.15) is 0 Å². The lowest BCUT2D eigenvalue weighted by atomic mass is 10.1. The topological polar surface area (TPSA) is 70.7 Å². The Labute approximate surface area is 182 Å². The number of likely N-dealkylation sites (N-methyl/N-ethyl adjacent to an activating group) is 1. The third kappa shape index (κ3) is 6.69. The number of rotatable bonds is 8. The van der Waals surface area contributed by atoms with Gasteiger partial charge >= 0.3 is 0 Å². The van der Waals surface area contributed by atoms with Crippen LogP contribution in [-0.4, -0.2) is 37.4 Å². The summed E-state index contributed by atoms with van der Waals surface area (Å²) in [6.07, 6.45) is 0. The van der Waals surface area contributed by atoms with Gasteiger partial charge in [0.25, 0.3) is 5.91 Å². The van der Waals surface area contributed by atoms with Gasteiger partial charge < -0.3 is 15.4 Å². The summed E-state index contributed by atoms with van der Waals surface area (Å²) in [5, 5.41) is 5.70. The average molecular weight is 418 g/mol. The summed E-state index contributed by atoms with van der Waals surface area (Å²) in [6, 6.07) is 22.2. The van der Waals surface area contributed by atoms with Gasteiger partial charge in [0, 0.05) is 23.5 Å². The maximum atomic E-state index is 12.4. The van der Waals surface area contributed by atoms with Crippen LogP contribution in [0.3, 0.4) is 0 Å². The second-order valence-electron chi connectivity index (χ2n) is 7.47. The van der Waals surface area contributed by atoms with Gasteiger partial charge in [0.1, 0.15) is 5.75 Å². The Morgan fingerprint density at radius 2 is 1.42 bits per heavy atom. The van der Waals surface area contributed by atoms with Crippen LogP contribution in [0, 0.1) is 6.92 Å². The molecule has 0 aromatic heterocycles. The quantitative estimate of drug-likeness (QED) is 0.572. The van der Waals surface area contributed by atoms with E-state index in [4.69, 9.17) is 4.74 Å². The van der Waals surface area contributed by atoms with Crippen molar-refractivity contribution in [2.75, 3.05) is 31.3 Å². The van der Waals surface area contributed by atoms with Crippen molar-refractivity contribution in [2.45, 2.75) is 13.5 Å². The van der Waals surface area contributed by atoms with Crippen molar-refractivity contribution in [1.82, 2.24) is 4.90 Å². The molecule has 0 radical (unpaired) electrons. The molecule has 0 heterocycles. The lowest BCUT2D eigenvalue weighted by Crippen LogP contribution is -2.29. The minimum Gasteiger partial charge on any atom is -0.497 e. The number of ether oxygens (including phenoxy) is 1. The molecule has 0 spiro atoms. The van der Waals surface area contributed by atoms with Crippen LogP contribution in [0.15, 0.2) is 72.8 Å². The Kier molecular flexibility index (Phi) is 7.40. The van der Waals surface area contributed by atoms with Gasteiger partial charge in [0.15, 0.2) is 0 Å². The first-order chi connectivity index (χ1) is 14.9. The number of carbonyl (C=O) groups is 2. The van der Waals surface area contributed by atoms with E-state index in [2.05, 4.69) is 41.8 Å². The van der Waals surface area contributed by atoms with E-state index in [1.54, 1.807) is 55.6 Å². The number of hydrogen-bond acceptors (Lipinski definition) is 4. The number of amides is 2. The molecule has 3 aromatic carbocycles. The minimum atomic E-state index is -0.221. The molecule has 2 N–H and O–H groups in total. The van der Waals surface area contributed by atoms with E-state index in [-0.39, 0.29) is 18.4 Å². The summed E-state index contributed by atoms with van der Waals surface area (Å²) in [5.74, 6) is 0.397. The smallest absolute Gasteiger partial charge is 0.255 e. The minimum absolute atomic E-state index is 0.106. The maximum absolute atomic E-state index is 12.4. The molecule has 160 valence electrons. The Balaban J connectivity index is 1.50. The average Bonchev–Trinajstić information content (AvgIpc) is 2.76. The number of anilines is 2. The summed E-state index contributed by atoms with van der Waals surface area (Å²) in [5.41, 5.74) is 4.21. The third-order valence-electron chi connectivity index (χ3n) is 4.77. The largest absolute Gasteiger partial charge is 0.497 e. The van der Waals surface area contributed by atoms with E-state index in [1.165, 1.54) is 5.56 Å². The number of nitrogens with zero attached hydrogens (tertiary/aromatic N) is 1. The van der Waals surface area contributed by atoms with E-state index in [0.29, 0.717) is 23.5 Å². The van der Waals surface area contributed by atoms with Gasteiger partial charge in [-0.05, 0) is 68.1 Å². The number of nitrogens with one attached hydrogen (secondary N) is 2. The fourth-order valence-electron chi connectivity index (χ4n) is 3.09. The zero-order chi connectivity index (χ0) is 22.2. The maximum Gasteiger partial charge on any atom is 0.255 e. The highest BCUT2D eigenvalue weighted by Crippen LogP contribution is 2.17. The monoisotopic (exact) mass is 417 g/mol. The van der Waals surface area contributed by atoms with Crippen molar-refractivity contribution in [3.05, 3.63) is 89.5 Å². The van der Waals surface area contributed by atoms with Crippen molar-refractivity contribution < 1.29 is 14.3 Å². The zero-order valence-electron chi connectivity index (χ0n) is 18.0. The van der Waals surface area contributed by atoms with Crippen LogP contribution < -0.4 is 15.4 Å². The molecule has 3 rings (SSSR count). The Morgan fingerprint density at radius 3 is 2.03 bits per heavy atom. The molecule has 0 aliphatic heterocycles. The first-order valence-corrected chi connectivity index (χ1v) is 10.0. The van der Waals surface area contributed by atoms with E-state index in [1.807, 2.05) is 11.9 Å². The molecule has 2 amide bonds. The highest BCUT2D eigenvalue weighted by atomic mass is 16.5. The van der Waals surface area contributed by atoms with Gasteiger partial charge in [-0.15, -0.1) is 0 Å². The molecule has 0 atom stereocenters. The van der Waals surface area contributed by atoms with Crippen LogP contribution in [0.5, 0.6) is 5.75 Å². The number of aryl methyl sites for hydroxylation is 1. The fourth-order valence-corrected chi connectivity index (χ4v) is 3.09. The highest BCUT2D eigenvalue weighted by molar-refractivity contribution is 6.04. The van der Waals surface area contributed by atoms with Crippen LogP contribution >= 0.6 is 0 Å². The molecule has 6 heteroatoms. The first kappa shape index (κ1) is 22.1. The normalized spacial score (nSPS) is 10.6. The molecule has 3 aromatic rings. The molecule has 0 aliphatic rings. The highest BCUT2D eigenvalue weighted by Gasteiger charge is 2.10. The number of carbonyl (C=O) groups excluding carboxylic acids is 2. The molecular weight excluding hydrogens is 390 g/mol. The van der Waals surface area contributed by atoms with Gasteiger partial charge in [-0.1, -0.05) is 29.8 Å². The molecule has 31 heavy (non-hydrogen) atoms. The predicted molar refractivity (Wildman–Crippen MR) is 124 cm³/mol. The molecule has 0 fully saturated rings. The second-order valence-corrected chi connectivity index (χ2v) is 7.47. The van der Waals surface area contributed by atoms with Crippen LogP contribution in [0.4, 0.5) is 11.4 Å². The van der Waals surface area contributed by atoms with E-state index < -0.39 is 0 Å². The van der Waals surface area contributed by atoms with Crippen LogP contribution in [0.2, 0.25) is 0 Å². The fraction of sp³-hybridized carbons (Fsp3) is 0.200. The van der Waals surface area contributed by atoms with Gasteiger partial charge in [0.2, 0.25) is 5.91 Å². The molecule has 0 aliphatic carbocycles. The molecular formula is C25H27N3O3. The van der Waals surface area contributed by atoms with Crippen molar-refractivity contribution in [2.24, 2.45) is 0 Å². The third-order valence-corrected chi connectivity index (χ3v) is 4.77. The molecule has 0 saturated carbocycles. The Morgan fingerprint density at radius 1 is 0.839 bits per heavy atom.